The molecule has 31 heavy (non-hydrogen) atoms. The van der Waals surface area contributed by atoms with Gasteiger partial charge in [-0.3, -0.25) is 14.9 Å². The summed E-state index contributed by atoms with van der Waals surface area (Å²) in [5.41, 5.74) is 4.88. The van der Waals surface area contributed by atoms with Crippen LogP contribution in [0.4, 0.5) is 11.4 Å². The number of hydrogen-bond donors (Lipinski definition) is 2. The van der Waals surface area contributed by atoms with Gasteiger partial charge in [0.2, 0.25) is 0 Å². The second-order valence-electron chi connectivity index (χ2n) is 6.75. The predicted octanol–water partition coefficient (Wildman–Crippen LogP) is 4.10. The number of nitrogens with one attached hydrogen (secondary N) is 2. The van der Waals surface area contributed by atoms with Gasteiger partial charge in [-0.1, -0.05) is 36.4 Å². The number of nitro benzene ring substituents is 1. The molecule has 0 aliphatic rings. The quantitative estimate of drug-likeness (QED) is 0.270. The van der Waals surface area contributed by atoms with Gasteiger partial charge < -0.3 is 9.88 Å². The van der Waals surface area contributed by atoms with Crippen LogP contribution in [0.3, 0.4) is 0 Å². The van der Waals surface area contributed by atoms with Gasteiger partial charge >= 0.3 is 0 Å². The van der Waals surface area contributed by atoms with E-state index in [0.29, 0.717) is 0 Å². The van der Waals surface area contributed by atoms with Crippen LogP contribution in [0, 0.1) is 10.1 Å². The van der Waals surface area contributed by atoms with Crippen molar-refractivity contribution < 1.29 is 9.72 Å². The maximum Gasteiger partial charge on any atom is 0.269 e. The number of nitrogens with zero attached hydrogens (tertiary/aromatic N) is 3. The molecular weight excluding hydrogens is 394 g/mol. The Hall–Kier alpha value is -4.46. The number of benzene rings is 3. The van der Waals surface area contributed by atoms with Crippen molar-refractivity contribution >= 4 is 34.3 Å². The lowest BCUT2D eigenvalue weighted by Crippen LogP contribution is -2.26. The average molecular weight is 413 g/mol. The summed E-state index contributed by atoms with van der Waals surface area (Å²) in [6.07, 6.45) is 3.34. The number of amides is 1. The number of non-ortho nitro benzene ring substituents is 1. The maximum absolute atomic E-state index is 12.2. The number of rotatable bonds is 7. The molecule has 0 aliphatic carbocycles. The average Bonchev–Trinajstić information content (AvgIpc) is 3.26. The molecule has 0 saturated carbocycles. The smallest absolute Gasteiger partial charge is 0.269 e. The normalized spacial score (nSPS) is 11.0. The fourth-order valence-electron chi connectivity index (χ4n) is 3.23. The Morgan fingerprint density at radius 2 is 1.77 bits per heavy atom. The van der Waals surface area contributed by atoms with E-state index in [1.165, 1.54) is 18.3 Å². The van der Waals surface area contributed by atoms with Crippen molar-refractivity contribution in [2.24, 2.45) is 5.10 Å². The van der Waals surface area contributed by atoms with Crippen LogP contribution >= 0.6 is 0 Å². The van der Waals surface area contributed by atoms with Crippen molar-refractivity contribution in [2.75, 3.05) is 11.9 Å². The summed E-state index contributed by atoms with van der Waals surface area (Å²) in [7, 11) is 0. The molecular formula is C23H19N5O3. The highest BCUT2D eigenvalue weighted by molar-refractivity contribution is 5.95. The van der Waals surface area contributed by atoms with Crippen molar-refractivity contribution in [3.8, 4) is 5.69 Å². The lowest BCUT2D eigenvalue weighted by molar-refractivity contribution is -0.384. The topological polar surface area (TPSA) is 102 Å². The van der Waals surface area contributed by atoms with Gasteiger partial charge in [-0.2, -0.15) is 5.10 Å². The number of nitro groups is 1. The molecule has 0 bridgehead atoms. The number of carbonyl (C=O) groups excluding carboxylic acids is 1. The summed E-state index contributed by atoms with van der Waals surface area (Å²) in [4.78, 5) is 22.5. The standard InChI is InChI=1S/C23H19N5O3/c29-23(16-24-22-9-3-6-17-5-1-2-8-21(17)22)26-25-15-20-7-4-14-27(20)18-10-12-19(13-11-18)28(30)31/h1-15,24H,16H2,(H,26,29)/b25-15-. The fourth-order valence-corrected chi connectivity index (χ4v) is 3.23. The third-order valence-corrected chi connectivity index (χ3v) is 4.73. The van der Waals surface area contributed by atoms with Crippen molar-refractivity contribution in [1.82, 2.24) is 9.99 Å². The molecule has 1 heterocycles. The van der Waals surface area contributed by atoms with Gasteiger partial charge in [-0.25, -0.2) is 5.43 Å². The van der Waals surface area contributed by atoms with E-state index in [2.05, 4.69) is 15.8 Å². The Balaban J connectivity index is 1.37. The van der Waals surface area contributed by atoms with Gasteiger partial charge in [0.15, 0.2) is 0 Å². The minimum absolute atomic E-state index is 0.0251. The lowest BCUT2D eigenvalue weighted by Gasteiger charge is -2.09. The summed E-state index contributed by atoms with van der Waals surface area (Å²) in [6, 6.07) is 23.7. The van der Waals surface area contributed by atoms with Crippen LogP contribution in [0.15, 0.2) is 90.2 Å². The third-order valence-electron chi connectivity index (χ3n) is 4.73. The zero-order valence-electron chi connectivity index (χ0n) is 16.4. The van der Waals surface area contributed by atoms with Gasteiger partial charge in [0.05, 0.1) is 23.4 Å². The molecule has 154 valence electrons. The highest BCUT2D eigenvalue weighted by Crippen LogP contribution is 2.22. The molecule has 0 spiro atoms. The monoisotopic (exact) mass is 413 g/mol. The van der Waals surface area contributed by atoms with E-state index in [1.54, 1.807) is 12.1 Å². The lowest BCUT2D eigenvalue weighted by atomic mass is 10.1. The molecule has 0 radical (unpaired) electrons. The van der Waals surface area contributed by atoms with E-state index < -0.39 is 4.92 Å². The Kier molecular flexibility index (Phi) is 5.70. The van der Waals surface area contributed by atoms with Gasteiger partial charge in [0, 0.05) is 35.1 Å². The number of carbonyl (C=O) groups is 1. The number of aromatic nitrogens is 1. The number of hydrogen-bond acceptors (Lipinski definition) is 5. The van der Waals surface area contributed by atoms with Gasteiger partial charge in [-0.05, 0) is 35.7 Å². The number of anilines is 1. The Bertz CT molecular complexity index is 1260. The molecule has 1 amide bonds. The van der Waals surface area contributed by atoms with Gasteiger partial charge in [0.1, 0.15) is 0 Å². The predicted molar refractivity (Wildman–Crippen MR) is 121 cm³/mol. The van der Waals surface area contributed by atoms with Gasteiger partial charge in [-0.15, -0.1) is 0 Å². The summed E-state index contributed by atoms with van der Waals surface area (Å²) in [5, 5.41) is 20.1. The molecule has 0 fully saturated rings. The first kappa shape index (κ1) is 19.8. The molecule has 2 N–H and O–H groups in total. The van der Waals surface area contributed by atoms with Crippen LogP contribution in [0.25, 0.3) is 16.5 Å². The molecule has 1 aromatic heterocycles. The number of fused-ring (bicyclic) bond motifs is 1. The van der Waals surface area contributed by atoms with Crippen molar-refractivity contribution in [2.45, 2.75) is 0 Å². The van der Waals surface area contributed by atoms with E-state index in [9.17, 15) is 14.9 Å². The van der Waals surface area contributed by atoms with Crippen LogP contribution in [0.1, 0.15) is 5.69 Å². The molecule has 0 aliphatic heterocycles. The molecule has 0 atom stereocenters. The molecule has 8 heteroatoms. The summed E-state index contributed by atoms with van der Waals surface area (Å²) in [5.74, 6) is -0.280. The van der Waals surface area contributed by atoms with Crippen LogP contribution in [0.5, 0.6) is 0 Å². The maximum atomic E-state index is 12.2. The Morgan fingerprint density at radius 3 is 2.58 bits per heavy atom. The zero-order chi connectivity index (χ0) is 21.6. The van der Waals surface area contributed by atoms with Crippen LogP contribution < -0.4 is 10.7 Å². The van der Waals surface area contributed by atoms with Crippen LogP contribution in [-0.4, -0.2) is 28.2 Å². The van der Waals surface area contributed by atoms with Crippen LogP contribution in [0.2, 0.25) is 0 Å². The summed E-state index contributed by atoms with van der Waals surface area (Å²) >= 11 is 0. The van der Waals surface area contributed by atoms with Crippen molar-refractivity contribution in [3.63, 3.8) is 0 Å². The highest BCUT2D eigenvalue weighted by Gasteiger charge is 2.07. The molecule has 0 saturated heterocycles. The minimum Gasteiger partial charge on any atom is -0.376 e. The Labute approximate surface area is 178 Å². The van der Waals surface area contributed by atoms with E-state index in [-0.39, 0.29) is 18.1 Å². The van der Waals surface area contributed by atoms with Gasteiger partial charge in [0.25, 0.3) is 11.6 Å². The molecule has 4 aromatic rings. The molecule has 4 rings (SSSR count). The highest BCUT2D eigenvalue weighted by atomic mass is 16.6. The van der Waals surface area contributed by atoms with E-state index in [1.807, 2.05) is 65.4 Å². The van der Waals surface area contributed by atoms with Crippen molar-refractivity contribution in [1.29, 1.82) is 0 Å². The zero-order valence-corrected chi connectivity index (χ0v) is 16.4. The second-order valence-corrected chi connectivity index (χ2v) is 6.75. The summed E-state index contributed by atoms with van der Waals surface area (Å²) in [6.45, 7) is 0.0781. The third kappa shape index (κ3) is 4.59. The Morgan fingerprint density at radius 1 is 1.00 bits per heavy atom. The van der Waals surface area contributed by atoms with Crippen molar-refractivity contribution in [3.05, 3.63) is 101 Å². The van der Waals surface area contributed by atoms with E-state index in [0.717, 1.165) is 27.8 Å². The first-order chi connectivity index (χ1) is 15.1. The summed E-state index contributed by atoms with van der Waals surface area (Å²) < 4.78 is 1.81. The first-order valence-corrected chi connectivity index (χ1v) is 9.57. The first-order valence-electron chi connectivity index (χ1n) is 9.57. The van der Waals surface area contributed by atoms with Crippen LogP contribution in [-0.2, 0) is 4.79 Å². The van der Waals surface area contributed by atoms with E-state index >= 15 is 0 Å². The fraction of sp³-hybridized carbons (Fsp3) is 0.0435. The molecule has 8 nitrogen and oxygen atoms in total. The SMILES string of the molecule is O=C(CNc1cccc2ccccc12)N/N=C\c1cccn1-c1ccc([N+](=O)[O-])cc1. The second kappa shape index (κ2) is 8.91. The number of hydrazone groups is 1. The molecule has 3 aromatic carbocycles. The largest absolute Gasteiger partial charge is 0.376 e. The van der Waals surface area contributed by atoms with E-state index in [4.69, 9.17) is 0 Å². The molecule has 0 unspecified atom stereocenters. The minimum atomic E-state index is -0.441.